The van der Waals surface area contributed by atoms with E-state index < -0.39 is 0 Å². The number of carbonyl (C=O) groups excluding carboxylic acids is 1. The molecule has 124 valence electrons. The first-order valence-corrected chi connectivity index (χ1v) is 8.33. The first kappa shape index (κ1) is 17.0. The highest BCUT2D eigenvalue weighted by Gasteiger charge is 2.32. The normalized spacial score (nSPS) is 16.9. The van der Waals surface area contributed by atoms with Gasteiger partial charge in [0.05, 0.1) is 5.54 Å². The summed E-state index contributed by atoms with van der Waals surface area (Å²) in [5, 5.41) is 7.60. The molecule has 0 aromatic carbocycles. The van der Waals surface area contributed by atoms with Gasteiger partial charge in [-0.3, -0.25) is 9.48 Å². The fourth-order valence-electron chi connectivity index (χ4n) is 2.76. The van der Waals surface area contributed by atoms with E-state index in [4.69, 9.17) is 5.73 Å². The molecule has 0 bridgehead atoms. The van der Waals surface area contributed by atoms with Crippen LogP contribution in [0.4, 0.5) is 0 Å². The van der Waals surface area contributed by atoms with E-state index in [2.05, 4.69) is 45.0 Å². The van der Waals surface area contributed by atoms with Crippen molar-refractivity contribution in [2.75, 3.05) is 6.54 Å². The van der Waals surface area contributed by atoms with Gasteiger partial charge in [0.15, 0.2) is 0 Å². The lowest BCUT2D eigenvalue weighted by molar-refractivity contribution is 0.0927. The Labute approximate surface area is 133 Å². The van der Waals surface area contributed by atoms with Crippen LogP contribution in [0.3, 0.4) is 0 Å². The van der Waals surface area contributed by atoms with Crippen LogP contribution in [0.1, 0.15) is 76.0 Å². The van der Waals surface area contributed by atoms with Crippen LogP contribution in [0.2, 0.25) is 0 Å². The largest absolute Gasteiger partial charge is 0.347 e. The van der Waals surface area contributed by atoms with E-state index >= 15 is 0 Å². The highest BCUT2D eigenvalue weighted by atomic mass is 16.2. The Bertz CT molecular complexity index is 523. The summed E-state index contributed by atoms with van der Waals surface area (Å²) in [5.74, 6) is 0.957. The van der Waals surface area contributed by atoms with Gasteiger partial charge >= 0.3 is 0 Å². The lowest BCUT2D eigenvalue weighted by Crippen LogP contribution is -2.41. The third kappa shape index (κ3) is 4.09. The van der Waals surface area contributed by atoms with E-state index in [-0.39, 0.29) is 17.5 Å². The predicted octanol–water partition coefficient (Wildman–Crippen LogP) is 2.62. The minimum atomic E-state index is -0.110. The van der Waals surface area contributed by atoms with Gasteiger partial charge in [0, 0.05) is 24.2 Å². The summed E-state index contributed by atoms with van der Waals surface area (Å²) in [6, 6.07) is 1.97. The molecule has 1 amide bonds. The molecule has 1 saturated carbocycles. The van der Waals surface area contributed by atoms with Crippen LogP contribution in [0.25, 0.3) is 0 Å². The molecule has 1 aromatic rings. The van der Waals surface area contributed by atoms with Gasteiger partial charge < -0.3 is 11.1 Å². The van der Waals surface area contributed by atoms with Gasteiger partial charge in [-0.05, 0) is 52.0 Å². The van der Waals surface area contributed by atoms with Crippen molar-refractivity contribution in [1.29, 1.82) is 0 Å². The van der Waals surface area contributed by atoms with Crippen LogP contribution in [-0.4, -0.2) is 28.3 Å². The second-order valence-electron chi connectivity index (χ2n) is 7.85. The molecule has 0 spiro atoms. The van der Waals surface area contributed by atoms with Crippen molar-refractivity contribution in [3.8, 4) is 0 Å². The SMILES string of the molecule is CC(C)CC(CN)NC(=O)c1cc(C2CC2)n(C(C)(C)C)n1. The van der Waals surface area contributed by atoms with Gasteiger partial charge in [-0.25, -0.2) is 0 Å². The maximum Gasteiger partial charge on any atom is 0.272 e. The molecule has 1 aromatic heterocycles. The molecule has 1 aliphatic rings. The number of rotatable bonds is 6. The summed E-state index contributed by atoms with van der Waals surface area (Å²) in [4.78, 5) is 12.5. The van der Waals surface area contributed by atoms with Crippen molar-refractivity contribution in [2.45, 2.75) is 71.4 Å². The first-order valence-electron chi connectivity index (χ1n) is 8.33. The average Bonchev–Trinajstić information content (AvgIpc) is 3.14. The average molecular weight is 306 g/mol. The number of nitrogens with zero attached hydrogens (tertiary/aromatic N) is 2. The van der Waals surface area contributed by atoms with E-state index in [0.717, 1.165) is 6.42 Å². The summed E-state index contributed by atoms with van der Waals surface area (Å²) in [5.41, 5.74) is 7.36. The van der Waals surface area contributed by atoms with Crippen molar-refractivity contribution >= 4 is 5.91 Å². The molecule has 1 unspecified atom stereocenters. The summed E-state index contributed by atoms with van der Waals surface area (Å²) in [6.45, 7) is 11.1. The Morgan fingerprint density at radius 3 is 2.55 bits per heavy atom. The first-order chi connectivity index (χ1) is 10.2. The number of nitrogens with two attached hydrogens (primary N) is 1. The van der Waals surface area contributed by atoms with Gasteiger partial charge in [0.1, 0.15) is 5.69 Å². The molecule has 22 heavy (non-hydrogen) atoms. The van der Waals surface area contributed by atoms with E-state index in [1.807, 2.05) is 10.7 Å². The Morgan fingerprint density at radius 1 is 1.45 bits per heavy atom. The minimum absolute atomic E-state index is 0.0108. The minimum Gasteiger partial charge on any atom is -0.347 e. The summed E-state index contributed by atoms with van der Waals surface area (Å²) in [6.07, 6.45) is 3.28. The number of nitrogens with one attached hydrogen (secondary N) is 1. The van der Waals surface area contributed by atoms with Crippen LogP contribution in [0.15, 0.2) is 6.07 Å². The Kier molecular flexibility index (Phi) is 4.95. The Hall–Kier alpha value is -1.36. The fraction of sp³-hybridized carbons (Fsp3) is 0.765. The maximum atomic E-state index is 12.5. The number of aromatic nitrogens is 2. The van der Waals surface area contributed by atoms with Crippen LogP contribution >= 0.6 is 0 Å². The van der Waals surface area contributed by atoms with Gasteiger partial charge in [0.2, 0.25) is 0 Å². The van der Waals surface area contributed by atoms with Crippen molar-refractivity contribution in [3.63, 3.8) is 0 Å². The Morgan fingerprint density at radius 2 is 2.09 bits per heavy atom. The molecule has 0 saturated heterocycles. The van der Waals surface area contributed by atoms with E-state index in [0.29, 0.717) is 24.1 Å². The lowest BCUT2D eigenvalue weighted by atomic mass is 10.0. The monoisotopic (exact) mass is 306 g/mol. The van der Waals surface area contributed by atoms with Crippen molar-refractivity contribution in [3.05, 3.63) is 17.5 Å². The second-order valence-corrected chi connectivity index (χ2v) is 7.85. The van der Waals surface area contributed by atoms with Crippen molar-refractivity contribution < 1.29 is 4.79 Å². The smallest absolute Gasteiger partial charge is 0.272 e. The summed E-state index contributed by atoms with van der Waals surface area (Å²) >= 11 is 0. The van der Waals surface area contributed by atoms with E-state index in [9.17, 15) is 4.79 Å². The van der Waals surface area contributed by atoms with Crippen LogP contribution in [0.5, 0.6) is 0 Å². The molecular weight excluding hydrogens is 276 g/mol. The topological polar surface area (TPSA) is 72.9 Å². The van der Waals surface area contributed by atoms with Gasteiger partial charge in [-0.1, -0.05) is 13.8 Å². The third-order valence-electron chi connectivity index (χ3n) is 3.98. The molecule has 3 N–H and O–H groups in total. The predicted molar refractivity (Wildman–Crippen MR) is 89.0 cm³/mol. The second kappa shape index (κ2) is 6.41. The van der Waals surface area contributed by atoms with E-state index in [1.54, 1.807) is 0 Å². The standard InChI is InChI=1S/C17H30N4O/c1-11(2)8-13(10-18)19-16(22)14-9-15(12-6-7-12)21(20-14)17(3,4)5/h9,11-13H,6-8,10,18H2,1-5H3,(H,19,22). The molecule has 1 heterocycles. The highest BCUT2D eigenvalue weighted by Crippen LogP contribution is 2.41. The zero-order valence-corrected chi connectivity index (χ0v) is 14.5. The summed E-state index contributed by atoms with van der Waals surface area (Å²) < 4.78 is 2.01. The summed E-state index contributed by atoms with van der Waals surface area (Å²) in [7, 11) is 0. The molecule has 5 heteroatoms. The van der Waals surface area contributed by atoms with Gasteiger partial charge in [-0.15, -0.1) is 0 Å². The number of carbonyl (C=O) groups is 1. The molecular formula is C17H30N4O. The molecule has 1 fully saturated rings. The lowest BCUT2D eigenvalue weighted by Gasteiger charge is -2.22. The van der Waals surface area contributed by atoms with Crippen molar-refractivity contribution in [1.82, 2.24) is 15.1 Å². The zero-order chi connectivity index (χ0) is 16.5. The zero-order valence-electron chi connectivity index (χ0n) is 14.5. The molecule has 2 rings (SSSR count). The molecule has 1 aliphatic carbocycles. The number of hydrogen-bond acceptors (Lipinski definition) is 3. The Balaban J connectivity index is 2.16. The van der Waals surface area contributed by atoms with Gasteiger partial charge in [0.25, 0.3) is 5.91 Å². The highest BCUT2D eigenvalue weighted by molar-refractivity contribution is 5.92. The molecule has 1 atom stereocenters. The quantitative estimate of drug-likeness (QED) is 0.848. The van der Waals surface area contributed by atoms with E-state index in [1.165, 1.54) is 18.5 Å². The third-order valence-corrected chi connectivity index (χ3v) is 3.98. The van der Waals surface area contributed by atoms with Crippen LogP contribution in [-0.2, 0) is 5.54 Å². The molecule has 0 aliphatic heterocycles. The van der Waals surface area contributed by atoms with Crippen LogP contribution in [0, 0.1) is 5.92 Å². The van der Waals surface area contributed by atoms with Crippen LogP contribution < -0.4 is 11.1 Å². The van der Waals surface area contributed by atoms with Crippen molar-refractivity contribution in [2.24, 2.45) is 11.7 Å². The fourth-order valence-corrected chi connectivity index (χ4v) is 2.76. The number of amides is 1. The molecule has 0 radical (unpaired) electrons. The molecule has 5 nitrogen and oxygen atoms in total. The maximum absolute atomic E-state index is 12.5. The number of hydrogen-bond donors (Lipinski definition) is 2. The van der Waals surface area contributed by atoms with Gasteiger partial charge in [-0.2, -0.15) is 5.10 Å².